The van der Waals surface area contributed by atoms with Crippen molar-refractivity contribution in [3.05, 3.63) is 24.2 Å². The monoisotopic (exact) mass is 306 g/mol. The Balaban J connectivity index is 1.45. The summed E-state index contributed by atoms with van der Waals surface area (Å²) in [7, 11) is 0. The molecule has 2 aliphatic rings. The minimum atomic E-state index is 0.446. The zero-order chi connectivity index (χ0) is 14.5. The molecule has 1 saturated carbocycles. The highest BCUT2D eigenvalue weighted by Crippen LogP contribution is 2.41. The summed E-state index contributed by atoms with van der Waals surface area (Å²) in [4.78, 5) is 4.84. The zero-order valence-electron chi connectivity index (χ0n) is 12.9. The second-order valence-corrected chi connectivity index (χ2v) is 7.60. The molecule has 1 aromatic heterocycles. The van der Waals surface area contributed by atoms with Crippen molar-refractivity contribution in [2.75, 3.05) is 12.3 Å². The summed E-state index contributed by atoms with van der Waals surface area (Å²) in [6.07, 6.45) is 10.8. The number of nitrogens with one attached hydrogen (secondary N) is 1. The number of hydrogen-bond donors (Lipinski definition) is 1. The van der Waals surface area contributed by atoms with E-state index in [1.54, 1.807) is 6.26 Å². The summed E-state index contributed by atoms with van der Waals surface area (Å²) in [5, 5.41) is 4.73. The van der Waals surface area contributed by atoms with Gasteiger partial charge in [-0.3, -0.25) is 4.99 Å². The average molecular weight is 306 g/mol. The summed E-state index contributed by atoms with van der Waals surface area (Å²) < 4.78 is 5.39. The van der Waals surface area contributed by atoms with Crippen molar-refractivity contribution in [1.29, 1.82) is 0 Å². The van der Waals surface area contributed by atoms with E-state index in [-0.39, 0.29) is 0 Å². The van der Waals surface area contributed by atoms with Crippen molar-refractivity contribution in [3.63, 3.8) is 0 Å². The third-order valence-electron chi connectivity index (χ3n) is 4.76. The van der Waals surface area contributed by atoms with Crippen LogP contribution in [0.4, 0.5) is 0 Å². The summed E-state index contributed by atoms with van der Waals surface area (Å²) in [6, 6.07) is 4.45. The van der Waals surface area contributed by atoms with Gasteiger partial charge in [0.2, 0.25) is 0 Å². The maximum absolute atomic E-state index is 5.39. The molecule has 116 valence electrons. The Kier molecular flexibility index (Phi) is 4.94. The quantitative estimate of drug-likeness (QED) is 0.904. The number of hydrogen-bond acceptors (Lipinski definition) is 4. The standard InChI is InChI=1S/C17H26N2OS/c1-14(7-8-15-6-5-11-20-15)19-16-18-12-17(13-21-16)9-3-2-4-10-17/h5-6,11,14H,2-4,7-10,12-13H2,1H3,(H,18,19). The fraction of sp³-hybridized carbons (Fsp3) is 0.706. The van der Waals surface area contributed by atoms with E-state index < -0.39 is 0 Å². The van der Waals surface area contributed by atoms with Gasteiger partial charge in [-0.25, -0.2) is 0 Å². The van der Waals surface area contributed by atoms with Crippen molar-refractivity contribution in [3.8, 4) is 0 Å². The van der Waals surface area contributed by atoms with Crippen LogP contribution in [0.2, 0.25) is 0 Å². The summed E-state index contributed by atoms with van der Waals surface area (Å²) in [5.41, 5.74) is 0.519. The third kappa shape index (κ3) is 4.06. The van der Waals surface area contributed by atoms with Gasteiger partial charge in [-0.1, -0.05) is 31.0 Å². The highest BCUT2D eigenvalue weighted by molar-refractivity contribution is 8.13. The van der Waals surface area contributed by atoms with Crippen LogP contribution in [0.25, 0.3) is 0 Å². The lowest BCUT2D eigenvalue weighted by Crippen LogP contribution is -2.39. The highest BCUT2D eigenvalue weighted by Gasteiger charge is 2.34. The van der Waals surface area contributed by atoms with Gasteiger partial charge in [0.05, 0.1) is 6.26 Å². The molecular formula is C17H26N2OS. The predicted octanol–water partition coefficient (Wildman–Crippen LogP) is 4.24. The first-order valence-electron chi connectivity index (χ1n) is 8.22. The smallest absolute Gasteiger partial charge is 0.156 e. The molecule has 3 rings (SSSR count). The van der Waals surface area contributed by atoms with Crippen molar-refractivity contribution >= 4 is 16.9 Å². The van der Waals surface area contributed by atoms with Crippen LogP contribution in [0.1, 0.15) is 51.2 Å². The molecule has 1 aliphatic heterocycles. The van der Waals surface area contributed by atoms with Gasteiger partial charge < -0.3 is 9.73 Å². The van der Waals surface area contributed by atoms with Gasteiger partial charge in [-0.15, -0.1) is 0 Å². The minimum Gasteiger partial charge on any atom is -0.469 e. The van der Waals surface area contributed by atoms with E-state index in [2.05, 4.69) is 12.2 Å². The van der Waals surface area contributed by atoms with Crippen molar-refractivity contribution in [2.45, 2.75) is 57.9 Å². The Labute approximate surface area is 132 Å². The van der Waals surface area contributed by atoms with Crippen LogP contribution in [-0.2, 0) is 6.42 Å². The molecule has 21 heavy (non-hydrogen) atoms. The van der Waals surface area contributed by atoms with Crippen molar-refractivity contribution in [1.82, 2.24) is 5.32 Å². The number of aryl methyl sites for hydroxylation is 1. The number of furan rings is 1. The Morgan fingerprint density at radius 1 is 1.38 bits per heavy atom. The van der Waals surface area contributed by atoms with Crippen molar-refractivity contribution < 1.29 is 4.42 Å². The molecule has 3 nitrogen and oxygen atoms in total. The Morgan fingerprint density at radius 3 is 2.90 bits per heavy atom. The molecule has 1 N–H and O–H groups in total. The van der Waals surface area contributed by atoms with Gasteiger partial charge in [0.25, 0.3) is 0 Å². The topological polar surface area (TPSA) is 37.5 Å². The maximum Gasteiger partial charge on any atom is 0.156 e. The second-order valence-electron chi connectivity index (χ2n) is 6.63. The fourth-order valence-corrected chi connectivity index (χ4v) is 4.60. The molecule has 1 unspecified atom stereocenters. The molecule has 0 amide bonds. The van der Waals surface area contributed by atoms with Gasteiger partial charge in [-0.05, 0) is 43.7 Å². The molecule has 0 aromatic carbocycles. The van der Waals surface area contributed by atoms with E-state index in [1.165, 1.54) is 37.9 Å². The van der Waals surface area contributed by atoms with Gasteiger partial charge in [0.15, 0.2) is 5.17 Å². The number of aliphatic imine (C=N–C) groups is 1. The van der Waals surface area contributed by atoms with E-state index >= 15 is 0 Å². The van der Waals surface area contributed by atoms with Crippen molar-refractivity contribution in [2.24, 2.45) is 10.4 Å². The maximum atomic E-state index is 5.39. The highest BCUT2D eigenvalue weighted by atomic mass is 32.2. The number of rotatable bonds is 4. The number of thioether (sulfide) groups is 1. The Hall–Kier alpha value is -0.900. The molecule has 1 fully saturated rings. The largest absolute Gasteiger partial charge is 0.469 e. The molecule has 1 atom stereocenters. The lowest BCUT2D eigenvalue weighted by atomic mass is 9.75. The Bertz CT molecular complexity index is 463. The van der Waals surface area contributed by atoms with Gasteiger partial charge >= 0.3 is 0 Å². The van der Waals surface area contributed by atoms with Gasteiger partial charge in [0, 0.05) is 24.8 Å². The summed E-state index contributed by atoms with van der Waals surface area (Å²) >= 11 is 1.94. The second kappa shape index (κ2) is 6.91. The molecule has 1 aromatic rings. The van der Waals surface area contributed by atoms with E-state index in [0.29, 0.717) is 11.5 Å². The van der Waals surface area contributed by atoms with Crippen LogP contribution >= 0.6 is 11.8 Å². The Morgan fingerprint density at radius 2 is 2.24 bits per heavy atom. The third-order valence-corrected chi connectivity index (χ3v) is 6.04. The lowest BCUT2D eigenvalue weighted by Gasteiger charge is -2.38. The molecule has 0 radical (unpaired) electrons. The van der Waals surface area contributed by atoms with E-state index in [0.717, 1.165) is 30.3 Å². The fourth-order valence-electron chi connectivity index (χ4n) is 3.34. The van der Waals surface area contributed by atoms with Crippen LogP contribution in [0.5, 0.6) is 0 Å². The molecule has 4 heteroatoms. The number of amidine groups is 1. The molecule has 1 aliphatic carbocycles. The lowest BCUT2D eigenvalue weighted by molar-refractivity contribution is 0.232. The molecule has 0 saturated heterocycles. The van der Waals surface area contributed by atoms with Gasteiger partial charge in [-0.2, -0.15) is 0 Å². The van der Waals surface area contributed by atoms with Crippen LogP contribution in [0.3, 0.4) is 0 Å². The molecular weight excluding hydrogens is 280 g/mol. The van der Waals surface area contributed by atoms with Crippen LogP contribution in [0.15, 0.2) is 27.8 Å². The molecule has 2 heterocycles. The van der Waals surface area contributed by atoms with E-state index in [1.807, 2.05) is 23.9 Å². The first-order valence-corrected chi connectivity index (χ1v) is 9.21. The first kappa shape index (κ1) is 15.0. The summed E-state index contributed by atoms with van der Waals surface area (Å²) in [5.74, 6) is 2.33. The average Bonchev–Trinajstić information content (AvgIpc) is 3.02. The van der Waals surface area contributed by atoms with Crippen LogP contribution in [0, 0.1) is 5.41 Å². The van der Waals surface area contributed by atoms with Crippen LogP contribution < -0.4 is 5.32 Å². The molecule has 1 spiro atoms. The van der Waals surface area contributed by atoms with Gasteiger partial charge in [0.1, 0.15) is 5.76 Å². The minimum absolute atomic E-state index is 0.446. The normalized spacial score (nSPS) is 22.8. The SMILES string of the molecule is CC(CCc1ccco1)NC1=NCC2(CCCCC2)CS1. The first-order chi connectivity index (χ1) is 10.3. The van der Waals surface area contributed by atoms with E-state index in [4.69, 9.17) is 9.41 Å². The molecule has 0 bridgehead atoms. The predicted molar refractivity (Wildman–Crippen MR) is 89.9 cm³/mol. The number of nitrogens with zero attached hydrogens (tertiary/aromatic N) is 1. The van der Waals surface area contributed by atoms with Crippen LogP contribution in [-0.4, -0.2) is 23.5 Å². The summed E-state index contributed by atoms with van der Waals surface area (Å²) in [6.45, 7) is 3.27. The zero-order valence-corrected chi connectivity index (χ0v) is 13.8. The van der Waals surface area contributed by atoms with E-state index in [9.17, 15) is 0 Å².